The standard InChI is InChI=1S/C25H27N3O7S/c26-25(30)18-3-7-21(17-1-4-19(29)5-2-17)24(13-18)36(33,34)20-6-8-22(23(14-20)28(31)32)27-15-16-9-11-35-12-10-16/h1,3,6-8,13-14,16,27H,2,4-5,9-12,15H2,(H2,26,30). The molecule has 0 radical (unpaired) electrons. The van der Waals surface area contributed by atoms with Crippen LogP contribution in [0, 0.1) is 16.0 Å². The molecule has 3 N–H and O–H groups in total. The number of sulfone groups is 1. The van der Waals surface area contributed by atoms with E-state index in [1.807, 2.05) is 0 Å². The van der Waals surface area contributed by atoms with Gasteiger partial charge in [-0.05, 0) is 60.6 Å². The number of allylic oxidation sites excluding steroid dienone is 2. The number of nitrogens with one attached hydrogen (secondary N) is 1. The number of hydrogen-bond acceptors (Lipinski definition) is 8. The molecule has 0 saturated carbocycles. The molecule has 10 nitrogen and oxygen atoms in total. The highest BCUT2D eigenvalue weighted by molar-refractivity contribution is 7.91. The number of nitrogens with two attached hydrogens (primary N) is 1. The van der Waals surface area contributed by atoms with Crippen molar-refractivity contribution in [2.24, 2.45) is 11.7 Å². The summed E-state index contributed by atoms with van der Waals surface area (Å²) in [5, 5.41) is 14.9. The van der Waals surface area contributed by atoms with Crippen molar-refractivity contribution >= 4 is 38.5 Å². The molecule has 4 rings (SSSR count). The van der Waals surface area contributed by atoms with E-state index in [0.29, 0.717) is 43.2 Å². The lowest BCUT2D eigenvalue weighted by Gasteiger charge is -2.22. The quantitative estimate of drug-likeness (QED) is 0.401. The Balaban J connectivity index is 1.73. The summed E-state index contributed by atoms with van der Waals surface area (Å²) < 4.78 is 32.8. The molecule has 1 saturated heterocycles. The zero-order valence-corrected chi connectivity index (χ0v) is 20.4. The molecule has 0 bridgehead atoms. The summed E-state index contributed by atoms with van der Waals surface area (Å²) in [6, 6.07) is 7.84. The van der Waals surface area contributed by atoms with Gasteiger partial charge in [0.1, 0.15) is 11.5 Å². The largest absolute Gasteiger partial charge is 0.381 e. The predicted octanol–water partition coefficient (Wildman–Crippen LogP) is 3.50. The molecule has 0 atom stereocenters. The molecule has 1 aliphatic heterocycles. The lowest BCUT2D eigenvalue weighted by Crippen LogP contribution is -2.23. The molecular formula is C25H27N3O7S. The number of ketones is 1. The van der Waals surface area contributed by atoms with Crippen LogP contribution in [-0.2, 0) is 19.4 Å². The number of carbonyl (C=O) groups is 2. The fourth-order valence-corrected chi connectivity index (χ4v) is 5.97. The van der Waals surface area contributed by atoms with Gasteiger partial charge < -0.3 is 15.8 Å². The maximum atomic E-state index is 13.7. The topological polar surface area (TPSA) is 159 Å². The van der Waals surface area contributed by atoms with Crippen molar-refractivity contribution in [1.82, 2.24) is 0 Å². The molecule has 2 aliphatic rings. The van der Waals surface area contributed by atoms with Crippen molar-refractivity contribution in [1.29, 1.82) is 0 Å². The van der Waals surface area contributed by atoms with Gasteiger partial charge in [0.25, 0.3) is 5.69 Å². The first-order chi connectivity index (χ1) is 17.2. The first-order valence-corrected chi connectivity index (χ1v) is 13.1. The maximum Gasteiger partial charge on any atom is 0.293 e. The SMILES string of the molecule is NC(=O)c1ccc(C2=CCC(=O)CC2)c(S(=O)(=O)c2ccc(NCC3CCOCC3)c([N+](=O)[O-])c2)c1. The van der Waals surface area contributed by atoms with Crippen LogP contribution in [0.25, 0.3) is 5.57 Å². The Morgan fingerprint density at radius 2 is 1.89 bits per heavy atom. The van der Waals surface area contributed by atoms with E-state index in [1.165, 1.54) is 30.3 Å². The van der Waals surface area contributed by atoms with Crippen LogP contribution in [0.4, 0.5) is 11.4 Å². The Hall–Kier alpha value is -3.57. The normalized spacial score (nSPS) is 16.9. The summed E-state index contributed by atoms with van der Waals surface area (Å²) >= 11 is 0. The molecule has 0 aromatic heterocycles. The van der Waals surface area contributed by atoms with Gasteiger partial charge in [0.2, 0.25) is 15.7 Å². The highest BCUT2D eigenvalue weighted by Gasteiger charge is 2.28. The van der Waals surface area contributed by atoms with Crippen molar-refractivity contribution in [3.8, 4) is 0 Å². The zero-order valence-electron chi connectivity index (χ0n) is 19.6. The second-order valence-corrected chi connectivity index (χ2v) is 10.8. The van der Waals surface area contributed by atoms with Crippen LogP contribution in [0.5, 0.6) is 0 Å². The molecule has 190 valence electrons. The summed E-state index contributed by atoms with van der Waals surface area (Å²) in [5.74, 6) is -0.447. The lowest BCUT2D eigenvalue weighted by molar-refractivity contribution is -0.384. The fraction of sp³-hybridized carbons (Fsp3) is 0.360. The average molecular weight is 514 g/mol. The van der Waals surface area contributed by atoms with Crippen molar-refractivity contribution < 1.29 is 27.7 Å². The third kappa shape index (κ3) is 5.47. The molecule has 11 heteroatoms. The van der Waals surface area contributed by atoms with E-state index in [1.54, 1.807) is 6.08 Å². The minimum atomic E-state index is -4.28. The van der Waals surface area contributed by atoms with Gasteiger partial charge in [-0.25, -0.2) is 8.42 Å². The number of ether oxygens (including phenoxy) is 1. The smallest absolute Gasteiger partial charge is 0.293 e. The zero-order chi connectivity index (χ0) is 25.9. The number of benzene rings is 2. The maximum absolute atomic E-state index is 13.7. The number of nitrogens with zero attached hydrogens (tertiary/aromatic N) is 1. The van der Waals surface area contributed by atoms with Crippen LogP contribution in [0.3, 0.4) is 0 Å². The number of Topliss-reactive ketones (excluding diaryl/α,β-unsaturated/α-hetero) is 1. The Bertz CT molecular complexity index is 1350. The highest BCUT2D eigenvalue weighted by atomic mass is 32.2. The van der Waals surface area contributed by atoms with Crippen LogP contribution >= 0.6 is 0 Å². The first-order valence-electron chi connectivity index (χ1n) is 11.7. The second-order valence-electron chi connectivity index (χ2n) is 8.92. The van der Waals surface area contributed by atoms with E-state index in [4.69, 9.17) is 10.5 Å². The summed E-state index contributed by atoms with van der Waals surface area (Å²) in [5.41, 5.74) is 6.25. The van der Waals surface area contributed by atoms with Crippen LogP contribution in [0.1, 0.15) is 48.0 Å². The minimum Gasteiger partial charge on any atom is -0.381 e. The molecule has 36 heavy (non-hydrogen) atoms. The van der Waals surface area contributed by atoms with Gasteiger partial charge in [0.05, 0.1) is 14.7 Å². The Labute approximate surface area is 208 Å². The number of anilines is 1. The van der Waals surface area contributed by atoms with E-state index < -0.39 is 20.7 Å². The van der Waals surface area contributed by atoms with E-state index in [0.717, 1.165) is 18.9 Å². The van der Waals surface area contributed by atoms with Crippen molar-refractivity contribution in [3.63, 3.8) is 0 Å². The van der Waals surface area contributed by atoms with Crippen molar-refractivity contribution in [3.05, 3.63) is 63.7 Å². The predicted molar refractivity (Wildman–Crippen MR) is 132 cm³/mol. The number of amides is 1. The number of primary amides is 1. The minimum absolute atomic E-state index is 0.00550. The van der Waals surface area contributed by atoms with Gasteiger partial charge in [0.15, 0.2) is 0 Å². The van der Waals surface area contributed by atoms with Crippen LogP contribution in [0.2, 0.25) is 0 Å². The Morgan fingerprint density at radius 1 is 1.14 bits per heavy atom. The monoisotopic (exact) mass is 513 g/mol. The van der Waals surface area contributed by atoms with Gasteiger partial charge in [0, 0.05) is 44.2 Å². The molecule has 2 aromatic carbocycles. The molecule has 0 unspecified atom stereocenters. The molecular weight excluding hydrogens is 486 g/mol. The van der Waals surface area contributed by atoms with Gasteiger partial charge in [-0.2, -0.15) is 0 Å². The average Bonchev–Trinajstić information content (AvgIpc) is 2.88. The van der Waals surface area contributed by atoms with Crippen molar-refractivity contribution in [2.45, 2.75) is 41.9 Å². The third-order valence-electron chi connectivity index (χ3n) is 6.55. The van der Waals surface area contributed by atoms with E-state index in [9.17, 15) is 28.1 Å². The van der Waals surface area contributed by atoms with Gasteiger partial charge in [-0.15, -0.1) is 0 Å². The molecule has 1 amide bonds. The van der Waals surface area contributed by atoms with Crippen LogP contribution in [0.15, 0.2) is 52.3 Å². The molecule has 2 aromatic rings. The number of nitro groups is 1. The number of nitro benzene ring substituents is 1. The molecule has 0 spiro atoms. The van der Waals surface area contributed by atoms with E-state index in [2.05, 4.69) is 5.32 Å². The number of rotatable bonds is 8. The number of hydrogen-bond donors (Lipinski definition) is 2. The molecule has 1 heterocycles. The van der Waals surface area contributed by atoms with Gasteiger partial charge in [-0.1, -0.05) is 12.1 Å². The summed E-state index contributed by atoms with van der Waals surface area (Å²) in [6.07, 6.45) is 4.18. The van der Waals surface area contributed by atoms with Gasteiger partial charge >= 0.3 is 0 Å². The van der Waals surface area contributed by atoms with Crippen molar-refractivity contribution in [2.75, 3.05) is 25.1 Å². The highest BCUT2D eigenvalue weighted by Crippen LogP contribution is 2.36. The van der Waals surface area contributed by atoms with E-state index >= 15 is 0 Å². The molecule has 1 fully saturated rings. The van der Waals surface area contributed by atoms with Crippen LogP contribution in [-0.4, -0.2) is 44.8 Å². The Kier molecular flexibility index (Phi) is 7.51. The summed E-state index contributed by atoms with van der Waals surface area (Å²) in [7, 11) is -4.28. The lowest BCUT2D eigenvalue weighted by atomic mass is 9.92. The van der Waals surface area contributed by atoms with E-state index in [-0.39, 0.29) is 45.4 Å². The Morgan fingerprint density at radius 3 is 2.53 bits per heavy atom. The number of carbonyl (C=O) groups excluding carboxylic acids is 2. The first kappa shape index (κ1) is 25.5. The van der Waals surface area contributed by atoms with Crippen LogP contribution < -0.4 is 11.1 Å². The third-order valence-corrected chi connectivity index (χ3v) is 8.34. The van der Waals surface area contributed by atoms with Gasteiger partial charge in [-0.3, -0.25) is 19.7 Å². The molecule has 1 aliphatic carbocycles. The summed E-state index contributed by atoms with van der Waals surface area (Å²) in [6.45, 7) is 1.79. The summed E-state index contributed by atoms with van der Waals surface area (Å²) in [4.78, 5) is 34.2. The second kappa shape index (κ2) is 10.6. The fourth-order valence-electron chi connectivity index (χ4n) is 4.43.